The summed E-state index contributed by atoms with van der Waals surface area (Å²) < 4.78 is 0. The van der Waals surface area contributed by atoms with Crippen LogP contribution in [-0.4, -0.2) is 11.9 Å². The van der Waals surface area contributed by atoms with Gasteiger partial charge in [0, 0.05) is 12.5 Å². The van der Waals surface area contributed by atoms with Crippen molar-refractivity contribution in [2.24, 2.45) is 17.8 Å². The fourth-order valence-corrected chi connectivity index (χ4v) is 4.30. The zero-order chi connectivity index (χ0) is 14.7. The lowest BCUT2D eigenvalue weighted by Crippen LogP contribution is -2.34. The standard InChI is InChI=1S/C19H27NO/c1-14(7-8-15-5-3-2-4-6-15)20-19(21)13-18-12-16-9-10-17(18)11-16/h2-6,14,16-18H,7-13H2,1H3,(H,20,21). The van der Waals surface area contributed by atoms with Gasteiger partial charge in [0.05, 0.1) is 0 Å². The summed E-state index contributed by atoms with van der Waals surface area (Å²) in [6, 6.07) is 10.8. The van der Waals surface area contributed by atoms with E-state index in [1.54, 1.807) is 0 Å². The molecule has 0 radical (unpaired) electrons. The van der Waals surface area contributed by atoms with Crippen LogP contribution in [0.2, 0.25) is 0 Å². The lowest BCUT2D eigenvalue weighted by Gasteiger charge is -2.22. The van der Waals surface area contributed by atoms with Gasteiger partial charge in [0.15, 0.2) is 0 Å². The number of aryl methyl sites for hydroxylation is 1. The van der Waals surface area contributed by atoms with Gasteiger partial charge in [-0.15, -0.1) is 0 Å². The van der Waals surface area contributed by atoms with Gasteiger partial charge in [-0.25, -0.2) is 0 Å². The Balaban J connectivity index is 1.38. The summed E-state index contributed by atoms with van der Waals surface area (Å²) in [4.78, 5) is 12.2. The number of carbonyl (C=O) groups excluding carboxylic acids is 1. The molecule has 4 atom stereocenters. The molecule has 0 aliphatic heterocycles. The number of carbonyl (C=O) groups is 1. The average molecular weight is 285 g/mol. The van der Waals surface area contributed by atoms with E-state index in [9.17, 15) is 4.79 Å². The van der Waals surface area contributed by atoms with Crippen molar-refractivity contribution >= 4 is 5.91 Å². The van der Waals surface area contributed by atoms with Gasteiger partial charge in [-0.2, -0.15) is 0 Å². The fourth-order valence-electron chi connectivity index (χ4n) is 4.30. The quantitative estimate of drug-likeness (QED) is 0.842. The maximum atomic E-state index is 12.2. The van der Waals surface area contributed by atoms with E-state index in [4.69, 9.17) is 0 Å². The molecule has 3 rings (SSSR count). The Bertz CT molecular complexity index is 470. The molecule has 2 bridgehead atoms. The molecule has 0 spiro atoms. The van der Waals surface area contributed by atoms with E-state index >= 15 is 0 Å². The molecule has 1 amide bonds. The van der Waals surface area contributed by atoms with E-state index in [0.29, 0.717) is 5.92 Å². The molecule has 1 aromatic rings. The summed E-state index contributed by atoms with van der Waals surface area (Å²) >= 11 is 0. The molecular weight excluding hydrogens is 258 g/mol. The second-order valence-corrected chi connectivity index (χ2v) is 7.13. The van der Waals surface area contributed by atoms with Crippen LogP contribution in [-0.2, 0) is 11.2 Å². The molecule has 114 valence electrons. The summed E-state index contributed by atoms with van der Waals surface area (Å²) in [5.41, 5.74) is 1.35. The minimum atomic E-state index is 0.271. The van der Waals surface area contributed by atoms with Crippen molar-refractivity contribution in [3.8, 4) is 0 Å². The Hall–Kier alpha value is -1.31. The summed E-state index contributed by atoms with van der Waals surface area (Å²) in [5, 5.41) is 3.20. The van der Waals surface area contributed by atoms with Crippen molar-refractivity contribution in [2.75, 3.05) is 0 Å². The van der Waals surface area contributed by atoms with E-state index in [2.05, 4.69) is 36.5 Å². The van der Waals surface area contributed by atoms with Crippen molar-refractivity contribution in [1.29, 1.82) is 0 Å². The van der Waals surface area contributed by atoms with Crippen LogP contribution >= 0.6 is 0 Å². The maximum absolute atomic E-state index is 12.2. The van der Waals surface area contributed by atoms with Crippen LogP contribution in [0.25, 0.3) is 0 Å². The van der Waals surface area contributed by atoms with Gasteiger partial charge >= 0.3 is 0 Å². The lowest BCUT2D eigenvalue weighted by molar-refractivity contribution is -0.123. The second-order valence-electron chi connectivity index (χ2n) is 7.13. The highest BCUT2D eigenvalue weighted by Gasteiger charge is 2.40. The third-order valence-corrected chi connectivity index (χ3v) is 5.45. The number of hydrogen-bond donors (Lipinski definition) is 1. The Morgan fingerprint density at radius 3 is 2.71 bits per heavy atom. The molecule has 4 unspecified atom stereocenters. The Morgan fingerprint density at radius 1 is 1.24 bits per heavy atom. The summed E-state index contributed by atoms with van der Waals surface area (Å²) in [5.74, 6) is 2.72. The van der Waals surface area contributed by atoms with E-state index in [0.717, 1.165) is 31.1 Å². The number of benzene rings is 1. The molecule has 2 fully saturated rings. The van der Waals surface area contributed by atoms with Gasteiger partial charge in [-0.3, -0.25) is 4.79 Å². The lowest BCUT2D eigenvalue weighted by atomic mass is 9.86. The first kappa shape index (κ1) is 14.6. The normalized spacial score (nSPS) is 28.5. The monoisotopic (exact) mass is 285 g/mol. The molecule has 2 aliphatic rings. The molecular formula is C19H27NO. The van der Waals surface area contributed by atoms with Crippen LogP contribution in [0.4, 0.5) is 0 Å². The number of hydrogen-bond acceptors (Lipinski definition) is 1. The summed E-state index contributed by atoms with van der Waals surface area (Å²) in [6.07, 6.45) is 8.29. The number of fused-ring (bicyclic) bond motifs is 2. The van der Waals surface area contributed by atoms with Gasteiger partial charge in [0.25, 0.3) is 0 Å². The summed E-state index contributed by atoms with van der Waals surface area (Å²) in [6.45, 7) is 2.13. The first-order valence-corrected chi connectivity index (χ1v) is 8.54. The minimum absolute atomic E-state index is 0.271. The van der Waals surface area contributed by atoms with Crippen LogP contribution in [0, 0.1) is 17.8 Å². The van der Waals surface area contributed by atoms with E-state index in [1.807, 2.05) is 6.07 Å². The first-order chi connectivity index (χ1) is 10.2. The van der Waals surface area contributed by atoms with Gasteiger partial charge in [-0.05, 0) is 62.3 Å². The highest BCUT2D eigenvalue weighted by molar-refractivity contribution is 5.76. The van der Waals surface area contributed by atoms with Crippen molar-refractivity contribution in [3.05, 3.63) is 35.9 Å². The van der Waals surface area contributed by atoms with Crippen LogP contribution < -0.4 is 5.32 Å². The smallest absolute Gasteiger partial charge is 0.220 e. The minimum Gasteiger partial charge on any atom is -0.354 e. The number of rotatable bonds is 6. The maximum Gasteiger partial charge on any atom is 0.220 e. The molecule has 2 aliphatic carbocycles. The van der Waals surface area contributed by atoms with Gasteiger partial charge in [-0.1, -0.05) is 36.8 Å². The molecule has 21 heavy (non-hydrogen) atoms. The highest BCUT2D eigenvalue weighted by atomic mass is 16.1. The number of nitrogens with one attached hydrogen (secondary N) is 1. The Kier molecular flexibility index (Phi) is 4.62. The molecule has 0 saturated heterocycles. The van der Waals surface area contributed by atoms with E-state index in [1.165, 1.54) is 31.2 Å². The second kappa shape index (κ2) is 6.64. The van der Waals surface area contributed by atoms with Gasteiger partial charge in [0.2, 0.25) is 5.91 Å². The van der Waals surface area contributed by atoms with Crippen molar-refractivity contribution in [2.45, 2.75) is 57.9 Å². The topological polar surface area (TPSA) is 29.1 Å². The predicted octanol–water partition coefficient (Wildman–Crippen LogP) is 3.95. The first-order valence-electron chi connectivity index (χ1n) is 8.54. The molecule has 2 saturated carbocycles. The zero-order valence-corrected chi connectivity index (χ0v) is 13.1. The van der Waals surface area contributed by atoms with Crippen molar-refractivity contribution in [1.82, 2.24) is 5.32 Å². The largest absolute Gasteiger partial charge is 0.354 e. The molecule has 2 nitrogen and oxygen atoms in total. The van der Waals surface area contributed by atoms with Crippen LogP contribution in [0.5, 0.6) is 0 Å². The van der Waals surface area contributed by atoms with Crippen LogP contribution in [0.3, 0.4) is 0 Å². The molecule has 1 N–H and O–H groups in total. The predicted molar refractivity (Wildman–Crippen MR) is 85.9 cm³/mol. The molecule has 0 heterocycles. The Morgan fingerprint density at radius 2 is 2.05 bits per heavy atom. The van der Waals surface area contributed by atoms with Crippen molar-refractivity contribution in [3.63, 3.8) is 0 Å². The highest BCUT2D eigenvalue weighted by Crippen LogP contribution is 2.49. The van der Waals surface area contributed by atoms with Crippen molar-refractivity contribution < 1.29 is 4.79 Å². The summed E-state index contributed by atoms with van der Waals surface area (Å²) in [7, 11) is 0. The third kappa shape index (κ3) is 3.87. The van der Waals surface area contributed by atoms with Gasteiger partial charge in [0.1, 0.15) is 0 Å². The SMILES string of the molecule is CC(CCc1ccccc1)NC(=O)CC1CC2CCC1C2. The van der Waals surface area contributed by atoms with E-state index in [-0.39, 0.29) is 11.9 Å². The fraction of sp³-hybridized carbons (Fsp3) is 0.632. The number of amides is 1. The Labute approximate surface area is 128 Å². The molecule has 1 aromatic carbocycles. The van der Waals surface area contributed by atoms with Gasteiger partial charge < -0.3 is 5.32 Å². The van der Waals surface area contributed by atoms with Crippen LogP contribution in [0.15, 0.2) is 30.3 Å². The molecule has 0 aromatic heterocycles. The average Bonchev–Trinajstić information content (AvgIpc) is 3.08. The zero-order valence-electron chi connectivity index (χ0n) is 13.1. The molecule has 2 heteroatoms. The van der Waals surface area contributed by atoms with Crippen LogP contribution in [0.1, 0.15) is 51.0 Å². The van der Waals surface area contributed by atoms with E-state index < -0.39 is 0 Å². The third-order valence-electron chi connectivity index (χ3n) is 5.45.